The van der Waals surface area contributed by atoms with Gasteiger partial charge in [0.1, 0.15) is 13.2 Å². The van der Waals surface area contributed by atoms with Gasteiger partial charge in [-0.2, -0.15) is 0 Å². The fourth-order valence-corrected chi connectivity index (χ4v) is 4.60. The van der Waals surface area contributed by atoms with Crippen molar-refractivity contribution in [3.05, 3.63) is 66.2 Å². The number of hydrogen-bond acceptors (Lipinski definition) is 4. The summed E-state index contributed by atoms with van der Waals surface area (Å²) in [7, 11) is 0. The van der Waals surface area contributed by atoms with E-state index in [0.29, 0.717) is 13.2 Å². The zero-order chi connectivity index (χ0) is 20.5. The molecule has 3 aromatic rings. The van der Waals surface area contributed by atoms with Crippen LogP contribution in [-0.4, -0.2) is 36.6 Å². The lowest BCUT2D eigenvalue weighted by Gasteiger charge is -2.31. The summed E-state index contributed by atoms with van der Waals surface area (Å²) in [5, 5.41) is 5.34. The molecular formula is C25H26N2O3. The number of nitrogens with one attached hydrogen (secondary N) is 1. The standard InChI is InChI=1S/C25H26N2O3/c1-17(25(28)26-21-9-4-7-18-6-2-3-8-20(18)21)27-13-5-10-22(27)19-11-12-23-24(16-19)30-15-14-29-23/h2-4,6-9,11-12,16-17,22H,5,10,13-15H2,1H3,(H,26,28). The third kappa shape index (κ3) is 3.50. The number of carbonyl (C=O) groups is 1. The maximum Gasteiger partial charge on any atom is 0.241 e. The SMILES string of the molecule is CC(C(=O)Nc1cccc2ccccc12)N1CCCC1c1ccc2c(c1)OCCO2. The van der Waals surface area contributed by atoms with Crippen molar-refractivity contribution >= 4 is 22.4 Å². The van der Waals surface area contributed by atoms with Gasteiger partial charge in [0, 0.05) is 17.1 Å². The average Bonchev–Trinajstić information content (AvgIpc) is 3.28. The Morgan fingerprint density at radius 1 is 1.03 bits per heavy atom. The van der Waals surface area contributed by atoms with E-state index in [9.17, 15) is 4.79 Å². The summed E-state index contributed by atoms with van der Waals surface area (Å²) in [6.45, 7) is 4.07. The van der Waals surface area contributed by atoms with Gasteiger partial charge in [0.25, 0.3) is 0 Å². The first-order valence-corrected chi connectivity index (χ1v) is 10.6. The highest BCUT2D eigenvalue weighted by atomic mass is 16.6. The average molecular weight is 402 g/mol. The van der Waals surface area contributed by atoms with Crippen LogP contribution in [-0.2, 0) is 4.79 Å². The number of benzene rings is 3. The topological polar surface area (TPSA) is 50.8 Å². The molecule has 154 valence electrons. The summed E-state index contributed by atoms with van der Waals surface area (Å²) >= 11 is 0. The molecule has 5 rings (SSSR count). The van der Waals surface area contributed by atoms with E-state index in [-0.39, 0.29) is 18.0 Å². The first-order valence-electron chi connectivity index (χ1n) is 10.6. The predicted molar refractivity (Wildman–Crippen MR) is 118 cm³/mol. The second-order valence-corrected chi connectivity index (χ2v) is 7.99. The first-order chi connectivity index (χ1) is 14.7. The normalized spacial score (nSPS) is 19.6. The predicted octanol–water partition coefficient (Wildman–Crippen LogP) is 4.78. The molecule has 0 aromatic heterocycles. The van der Waals surface area contributed by atoms with E-state index < -0.39 is 0 Å². The second kappa shape index (κ2) is 8.00. The summed E-state index contributed by atoms with van der Waals surface area (Å²) < 4.78 is 11.4. The first kappa shape index (κ1) is 18.9. The number of hydrogen-bond donors (Lipinski definition) is 1. The van der Waals surface area contributed by atoms with Crippen LogP contribution in [0.25, 0.3) is 10.8 Å². The van der Waals surface area contributed by atoms with Gasteiger partial charge in [0.05, 0.1) is 6.04 Å². The van der Waals surface area contributed by atoms with Crippen LogP contribution in [0.3, 0.4) is 0 Å². The minimum atomic E-state index is -0.232. The number of fused-ring (bicyclic) bond motifs is 2. The molecule has 2 aliphatic rings. The zero-order valence-corrected chi connectivity index (χ0v) is 17.1. The van der Waals surface area contributed by atoms with Gasteiger partial charge in [-0.3, -0.25) is 9.69 Å². The molecule has 1 N–H and O–H groups in total. The Hall–Kier alpha value is -3.05. The molecule has 2 heterocycles. The van der Waals surface area contributed by atoms with E-state index in [1.54, 1.807) is 0 Å². The number of rotatable bonds is 4. The Morgan fingerprint density at radius 3 is 2.73 bits per heavy atom. The third-order valence-corrected chi connectivity index (χ3v) is 6.17. The van der Waals surface area contributed by atoms with Crippen molar-refractivity contribution in [1.82, 2.24) is 4.90 Å². The molecule has 0 radical (unpaired) electrons. The van der Waals surface area contributed by atoms with Crippen LogP contribution >= 0.6 is 0 Å². The van der Waals surface area contributed by atoms with Gasteiger partial charge in [0.15, 0.2) is 11.5 Å². The Labute approximate surface area is 176 Å². The van der Waals surface area contributed by atoms with Gasteiger partial charge < -0.3 is 14.8 Å². The maximum absolute atomic E-state index is 13.2. The molecule has 0 spiro atoms. The Balaban J connectivity index is 1.35. The smallest absolute Gasteiger partial charge is 0.241 e. The van der Waals surface area contributed by atoms with Gasteiger partial charge in [-0.1, -0.05) is 42.5 Å². The molecule has 1 fully saturated rings. The molecule has 0 saturated carbocycles. The van der Waals surface area contributed by atoms with E-state index in [1.807, 2.05) is 43.3 Å². The molecule has 2 atom stereocenters. The number of nitrogens with zero attached hydrogens (tertiary/aromatic N) is 1. The lowest BCUT2D eigenvalue weighted by atomic mass is 10.0. The lowest BCUT2D eigenvalue weighted by Crippen LogP contribution is -2.41. The fourth-order valence-electron chi connectivity index (χ4n) is 4.60. The summed E-state index contributed by atoms with van der Waals surface area (Å²) in [5.74, 6) is 1.63. The minimum absolute atomic E-state index is 0.0239. The van der Waals surface area contributed by atoms with Crippen molar-refractivity contribution < 1.29 is 14.3 Å². The van der Waals surface area contributed by atoms with Crippen molar-refractivity contribution in [1.29, 1.82) is 0 Å². The van der Waals surface area contributed by atoms with Crippen LogP contribution in [0, 0.1) is 0 Å². The van der Waals surface area contributed by atoms with Gasteiger partial charge in [-0.15, -0.1) is 0 Å². The highest BCUT2D eigenvalue weighted by molar-refractivity contribution is 6.03. The van der Waals surface area contributed by atoms with Gasteiger partial charge in [-0.25, -0.2) is 0 Å². The number of likely N-dealkylation sites (tertiary alicyclic amines) is 1. The van der Waals surface area contributed by atoms with E-state index in [0.717, 1.165) is 47.3 Å². The molecule has 0 bridgehead atoms. The van der Waals surface area contributed by atoms with Crippen LogP contribution in [0.4, 0.5) is 5.69 Å². The summed E-state index contributed by atoms with van der Waals surface area (Å²) in [5.41, 5.74) is 2.04. The second-order valence-electron chi connectivity index (χ2n) is 7.99. The Bertz CT molecular complexity index is 1080. The number of amides is 1. The highest BCUT2D eigenvalue weighted by Gasteiger charge is 2.33. The molecule has 1 amide bonds. The highest BCUT2D eigenvalue weighted by Crippen LogP contribution is 2.39. The van der Waals surface area contributed by atoms with Crippen LogP contribution in [0.5, 0.6) is 11.5 Å². The summed E-state index contributed by atoms with van der Waals surface area (Å²) in [6, 6.07) is 20.3. The van der Waals surface area contributed by atoms with Gasteiger partial charge in [0.2, 0.25) is 5.91 Å². The van der Waals surface area contributed by atoms with E-state index in [4.69, 9.17) is 9.47 Å². The molecule has 1 saturated heterocycles. The molecule has 5 nitrogen and oxygen atoms in total. The molecule has 3 aromatic carbocycles. The third-order valence-electron chi connectivity index (χ3n) is 6.17. The van der Waals surface area contributed by atoms with Crippen LogP contribution < -0.4 is 14.8 Å². The molecule has 2 unspecified atom stereocenters. The number of carbonyl (C=O) groups excluding carboxylic acids is 1. The molecule has 5 heteroatoms. The monoisotopic (exact) mass is 402 g/mol. The zero-order valence-electron chi connectivity index (χ0n) is 17.1. The van der Waals surface area contributed by atoms with Crippen molar-refractivity contribution in [3.8, 4) is 11.5 Å². The molecule has 0 aliphatic carbocycles. The Morgan fingerprint density at radius 2 is 1.83 bits per heavy atom. The molecule has 2 aliphatic heterocycles. The van der Waals surface area contributed by atoms with Crippen molar-refractivity contribution in [2.24, 2.45) is 0 Å². The lowest BCUT2D eigenvalue weighted by molar-refractivity contribution is -0.121. The summed E-state index contributed by atoms with van der Waals surface area (Å²) in [6.07, 6.45) is 2.11. The van der Waals surface area contributed by atoms with Crippen molar-refractivity contribution in [3.63, 3.8) is 0 Å². The van der Waals surface area contributed by atoms with Crippen molar-refractivity contribution in [2.75, 3.05) is 25.1 Å². The van der Waals surface area contributed by atoms with Crippen LogP contribution in [0.2, 0.25) is 0 Å². The number of anilines is 1. The van der Waals surface area contributed by atoms with Gasteiger partial charge >= 0.3 is 0 Å². The van der Waals surface area contributed by atoms with E-state index >= 15 is 0 Å². The van der Waals surface area contributed by atoms with Crippen molar-refractivity contribution in [2.45, 2.75) is 31.8 Å². The van der Waals surface area contributed by atoms with Crippen LogP contribution in [0.15, 0.2) is 60.7 Å². The fraction of sp³-hybridized carbons (Fsp3) is 0.320. The number of ether oxygens (including phenoxy) is 2. The largest absolute Gasteiger partial charge is 0.486 e. The molecular weight excluding hydrogens is 376 g/mol. The minimum Gasteiger partial charge on any atom is -0.486 e. The van der Waals surface area contributed by atoms with Crippen LogP contribution in [0.1, 0.15) is 31.4 Å². The van der Waals surface area contributed by atoms with E-state index in [2.05, 4.69) is 34.5 Å². The Kier molecular flexibility index (Phi) is 5.05. The van der Waals surface area contributed by atoms with Gasteiger partial charge in [-0.05, 0) is 55.5 Å². The van der Waals surface area contributed by atoms with E-state index in [1.165, 1.54) is 5.56 Å². The maximum atomic E-state index is 13.2. The quantitative estimate of drug-likeness (QED) is 0.683. The molecule has 30 heavy (non-hydrogen) atoms. The summed E-state index contributed by atoms with van der Waals surface area (Å²) in [4.78, 5) is 15.5.